The van der Waals surface area contributed by atoms with Crippen LogP contribution in [0.25, 0.3) is 0 Å². The summed E-state index contributed by atoms with van der Waals surface area (Å²) >= 11 is 0. The maximum atomic E-state index is 14.4. The molecule has 0 saturated heterocycles. The third kappa shape index (κ3) is 7.02. The maximum absolute atomic E-state index is 14.4. The zero-order chi connectivity index (χ0) is 25.0. The van der Waals surface area contributed by atoms with E-state index >= 15 is 0 Å². The second kappa shape index (κ2) is 12.1. The average Bonchev–Trinajstić information content (AvgIpc) is 2.82. The molecule has 0 spiro atoms. The molecule has 0 radical (unpaired) electrons. The fourth-order valence-electron chi connectivity index (χ4n) is 4.28. The molecule has 0 atom stereocenters. The summed E-state index contributed by atoms with van der Waals surface area (Å²) in [5.41, 5.74) is 2.96. The fourth-order valence-corrected chi connectivity index (χ4v) is 4.28. The summed E-state index contributed by atoms with van der Waals surface area (Å²) in [6.07, 6.45) is -2.80. The first kappa shape index (κ1) is 28.0. The Kier molecular flexibility index (Phi) is 9.44. The monoisotopic (exact) mass is 509 g/mol. The van der Waals surface area contributed by atoms with Crippen molar-refractivity contribution < 1.29 is 61.8 Å². The van der Waals surface area contributed by atoms with Gasteiger partial charge >= 0.3 is 35.7 Å². The van der Waals surface area contributed by atoms with Crippen LogP contribution in [0.4, 0.5) is 23.2 Å². The quantitative estimate of drug-likeness (QED) is 0.345. The van der Waals surface area contributed by atoms with Gasteiger partial charge in [-0.1, -0.05) is 36.4 Å². The molecule has 0 saturated carbocycles. The zero-order valence-corrected chi connectivity index (χ0v) is 21.9. The normalized spacial score (nSPS) is 13.1. The van der Waals surface area contributed by atoms with E-state index < -0.39 is 23.5 Å². The van der Waals surface area contributed by atoms with Gasteiger partial charge in [0.15, 0.2) is 0 Å². The molecule has 184 valence electrons. The van der Waals surface area contributed by atoms with Crippen LogP contribution >= 0.6 is 0 Å². The van der Waals surface area contributed by atoms with Crippen LogP contribution in [0.5, 0.6) is 5.75 Å². The standard InChI is InChI=1S/C27H25F4NO3.Na/c28-23-15-19(6-9-20(23)10-13-25(33)34)17-35-24-5-1-3-21-4-2-14-32(26(21)24)16-18-7-11-22(12-8-18)27(29,30)31;/h1,3,5-9,11-12,15H,2,4,10,13-14,16-17H2,(H,33,34);/q;+1/p-1. The predicted octanol–water partition coefficient (Wildman–Crippen LogP) is 2.06. The Bertz CT molecular complexity index is 1200. The van der Waals surface area contributed by atoms with Gasteiger partial charge in [-0.25, -0.2) is 4.39 Å². The summed E-state index contributed by atoms with van der Waals surface area (Å²) in [4.78, 5) is 12.7. The molecule has 9 heteroatoms. The largest absolute Gasteiger partial charge is 1.00 e. The number of carbonyl (C=O) groups excluding carboxylic acids is 1. The van der Waals surface area contributed by atoms with Crippen LogP contribution in [0, 0.1) is 5.82 Å². The van der Waals surface area contributed by atoms with Crippen LogP contribution < -0.4 is 44.3 Å². The molecule has 4 rings (SSSR count). The van der Waals surface area contributed by atoms with Gasteiger partial charge in [0.1, 0.15) is 18.2 Å². The molecule has 0 aliphatic carbocycles. The van der Waals surface area contributed by atoms with Gasteiger partial charge in [0.2, 0.25) is 0 Å². The van der Waals surface area contributed by atoms with Gasteiger partial charge in [-0.15, -0.1) is 0 Å². The van der Waals surface area contributed by atoms with Crippen molar-refractivity contribution in [3.05, 3.63) is 94.3 Å². The maximum Gasteiger partial charge on any atom is 1.00 e. The van der Waals surface area contributed by atoms with E-state index in [-0.39, 0.29) is 49.0 Å². The molecular weight excluding hydrogens is 485 g/mol. The summed E-state index contributed by atoms with van der Waals surface area (Å²) in [6.45, 7) is 1.28. The first-order valence-electron chi connectivity index (χ1n) is 11.3. The molecule has 0 aromatic heterocycles. The first-order valence-corrected chi connectivity index (χ1v) is 11.3. The smallest absolute Gasteiger partial charge is 0.550 e. The number of carboxylic acids is 1. The molecular formula is C27H24F4NNaO3. The number of carboxylic acid groups (broad SMARTS) is 1. The summed E-state index contributed by atoms with van der Waals surface area (Å²) in [5.74, 6) is -1.10. The SMILES string of the molecule is O=C([O-])CCc1ccc(COc2cccc3c2N(Cc2ccc(C(F)(F)F)cc2)CCC3)cc1F.[Na+]. The summed E-state index contributed by atoms with van der Waals surface area (Å²) in [7, 11) is 0. The number of fused-ring (bicyclic) bond motifs is 1. The Balaban J connectivity index is 0.00000361. The number of para-hydroxylation sites is 1. The van der Waals surface area contributed by atoms with Crippen molar-refractivity contribution in [2.45, 2.75) is 45.0 Å². The van der Waals surface area contributed by atoms with E-state index in [2.05, 4.69) is 4.90 Å². The van der Waals surface area contributed by atoms with Crippen LogP contribution in [0.1, 0.15) is 40.7 Å². The third-order valence-electron chi connectivity index (χ3n) is 6.04. The minimum atomic E-state index is -4.37. The molecule has 0 unspecified atom stereocenters. The number of aliphatic carboxylic acids is 1. The van der Waals surface area contributed by atoms with Crippen molar-refractivity contribution in [3.8, 4) is 5.75 Å². The van der Waals surface area contributed by atoms with E-state index in [1.54, 1.807) is 12.1 Å². The van der Waals surface area contributed by atoms with Gasteiger partial charge in [0.25, 0.3) is 0 Å². The van der Waals surface area contributed by atoms with Crippen molar-refractivity contribution in [2.24, 2.45) is 0 Å². The van der Waals surface area contributed by atoms with E-state index in [0.717, 1.165) is 48.3 Å². The van der Waals surface area contributed by atoms with Crippen molar-refractivity contribution in [1.82, 2.24) is 0 Å². The Morgan fingerprint density at radius 3 is 2.42 bits per heavy atom. The van der Waals surface area contributed by atoms with Gasteiger partial charge in [0.05, 0.1) is 11.3 Å². The van der Waals surface area contributed by atoms with E-state index in [0.29, 0.717) is 23.4 Å². The number of alkyl halides is 3. The van der Waals surface area contributed by atoms with Gasteiger partial charge in [-0.05, 0) is 72.2 Å². The van der Waals surface area contributed by atoms with Crippen molar-refractivity contribution >= 4 is 11.7 Å². The average molecular weight is 509 g/mol. The molecule has 4 nitrogen and oxygen atoms in total. The molecule has 1 aliphatic heterocycles. The number of hydrogen-bond acceptors (Lipinski definition) is 4. The Morgan fingerprint density at radius 1 is 1.03 bits per heavy atom. The van der Waals surface area contributed by atoms with Crippen molar-refractivity contribution in [1.29, 1.82) is 0 Å². The number of ether oxygens (including phenoxy) is 1. The summed E-state index contributed by atoms with van der Waals surface area (Å²) in [5, 5.41) is 10.6. The number of benzene rings is 3. The molecule has 1 heterocycles. The number of rotatable bonds is 8. The number of aryl methyl sites for hydroxylation is 2. The van der Waals surface area contributed by atoms with Gasteiger partial charge in [-0.2, -0.15) is 13.2 Å². The number of hydrogen-bond donors (Lipinski definition) is 0. The molecule has 3 aromatic rings. The van der Waals surface area contributed by atoms with Crippen molar-refractivity contribution in [3.63, 3.8) is 0 Å². The van der Waals surface area contributed by atoms with Crippen molar-refractivity contribution in [2.75, 3.05) is 11.4 Å². The molecule has 36 heavy (non-hydrogen) atoms. The van der Waals surface area contributed by atoms with Crippen LogP contribution in [-0.2, 0) is 37.0 Å². The Labute approximate surface area is 229 Å². The van der Waals surface area contributed by atoms with Crippen LogP contribution in [-0.4, -0.2) is 12.5 Å². The van der Waals surface area contributed by atoms with E-state index in [9.17, 15) is 27.5 Å². The van der Waals surface area contributed by atoms with E-state index in [1.807, 2.05) is 18.2 Å². The van der Waals surface area contributed by atoms with Crippen LogP contribution in [0.3, 0.4) is 0 Å². The van der Waals surface area contributed by atoms with E-state index in [4.69, 9.17) is 4.74 Å². The molecule has 1 aliphatic rings. The minimum Gasteiger partial charge on any atom is -0.550 e. The zero-order valence-electron chi connectivity index (χ0n) is 19.9. The second-order valence-electron chi connectivity index (χ2n) is 8.57. The Hall–Kier alpha value is -2.55. The second-order valence-corrected chi connectivity index (χ2v) is 8.57. The van der Waals surface area contributed by atoms with Crippen LogP contribution in [0.15, 0.2) is 60.7 Å². The molecule has 3 aromatic carbocycles. The third-order valence-corrected chi connectivity index (χ3v) is 6.04. The van der Waals surface area contributed by atoms with Crippen LogP contribution in [0.2, 0.25) is 0 Å². The molecule has 0 N–H and O–H groups in total. The molecule has 0 bridgehead atoms. The van der Waals surface area contributed by atoms with Gasteiger partial charge in [0, 0.05) is 19.1 Å². The fraction of sp³-hybridized carbons (Fsp3) is 0.296. The molecule has 0 fully saturated rings. The van der Waals surface area contributed by atoms with Gasteiger partial charge < -0.3 is 19.5 Å². The predicted molar refractivity (Wildman–Crippen MR) is 121 cm³/mol. The number of halogens is 4. The van der Waals surface area contributed by atoms with E-state index in [1.165, 1.54) is 18.2 Å². The Morgan fingerprint density at radius 2 is 1.75 bits per heavy atom. The topological polar surface area (TPSA) is 52.6 Å². The molecule has 0 amide bonds. The van der Waals surface area contributed by atoms with Gasteiger partial charge in [-0.3, -0.25) is 0 Å². The minimum absolute atomic E-state index is 0. The summed E-state index contributed by atoms with van der Waals surface area (Å²) < 4.78 is 59.1. The summed E-state index contributed by atoms with van der Waals surface area (Å²) in [6, 6.07) is 15.5. The number of nitrogens with zero attached hydrogens (tertiary/aromatic N) is 1. The number of carbonyl (C=O) groups is 1. The number of anilines is 1. The first-order chi connectivity index (χ1) is 16.7.